The molecule has 10 heteroatoms. The number of rotatable bonds is 6. The van der Waals surface area contributed by atoms with Gasteiger partial charge >= 0.3 is 6.18 Å². The quantitative estimate of drug-likeness (QED) is 0.354. The Balaban J connectivity index is 0.00000338. The average Bonchev–Trinajstić information content (AvgIpc) is 3.06. The van der Waals surface area contributed by atoms with Gasteiger partial charge < -0.3 is 10.6 Å². The standard InChI is InChI=1S/C16H26F3N5S.HI/c1-4-20-15(22-8-14-11(2)23-12(3)25-14)21-7-13-5-6-24(9-13)10-16(17,18)19;/h13H,4-10H2,1-3H3,(H2,20,21,22);1H. The molecule has 2 N–H and O–H groups in total. The fourth-order valence-electron chi connectivity index (χ4n) is 2.93. The molecule has 0 radical (unpaired) electrons. The van der Waals surface area contributed by atoms with Crippen molar-refractivity contribution < 1.29 is 13.2 Å². The van der Waals surface area contributed by atoms with Crippen molar-refractivity contribution in [2.24, 2.45) is 10.9 Å². The second-order valence-electron chi connectivity index (χ2n) is 6.32. The van der Waals surface area contributed by atoms with E-state index in [9.17, 15) is 13.2 Å². The van der Waals surface area contributed by atoms with Crippen LogP contribution in [0.2, 0.25) is 0 Å². The van der Waals surface area contributed by atoms with Crippen LogP contribution in [0.15, 0.2) is 4.99 Å². The van der Waals surface area contributed by atoms with E-state index in [-0.39, 0.29) is 29.9 Å². The first-order valence-electron chi connectivity index (χ1n) is 8.51. The van der Waals surface area contributed by atoms with E-state index in [1.807, 2.05) is 20.8 Å². The van der Waals surface area contributed by atoms with E-state index in [0.717, 1.165) is 28.5 Å². The van der Waals surface area contributed by atoms with Crippen molar-refractivity contribution in [2.75, 3.05) is 32.7 Å². The number of nitrogens with zero attached hydrogens (tertiary/aromatic N) is 3. The highest BCUT2D eigenvalue weighted by Crippen LogP contribution is 2.22. The van der Waals surface area contributed by atoms with Crippen LogP contribution in [-0.2, 0) is 6.54 Å². The molecule has 1 aliphatic heterocycles. The lowest BCUT2D eigenvalue weighted by Crippen LogP contribution is -2.40. The van der Waals surface area contributed by atoms with E-state index in [1.54, 1.807) is 11.3 Å². The fourth-order valence-corrected chi connectivity index (χ4v) is 3.79. The molecule has 26 heavy (non-hydrogen) atoms. The van der Waals surface area contributed by atoms with E-state index in [1.165, 1.54) is 4.90 Å². The predicted molar refractivity (Wildman–Crippen MR) is 110 cm³/mol. The monoisotopic (exact) mass is 505 g/mol. The lowest BCUT2D eigenvalue weighted by molar-refractivity contribution is -0.143. The molecule has 2 rings (SSSR count). The fraction of sp³-hybridized carbons (Fsp3) is 0.750. The predicted octanol–water partition coefficient (Wildman–Crippen LogP) is 3.32. The third-order valence-electron chi connectivity index (χ3n) is 4.06. The van der Waals surface area contributed by atoms with Gasteiger partial charge in [-0.15, -0.1) is 35.3 Å². The number of aliphatic imine (C=N–C) groups is 1. The molecule has 0 saturated carbocycles. The summed E-state index contributed by atoms with van der Waals surface area (Å²) in [5.41, 5.74) is 1.00. The molecule has 0 amide bonds. The maximum atomic E-state index is 12.5. The van der Waals surface area contributed by atoms with Crippen LogP contribution in [-0.4, -0.2) is 54.7 Å². The van der Waals surface area contributed by atoms with Crippen molar-refractivity contribution in [3.8, 4) is 0 Å². The molecular weight excluding hydrogens is 478 g/mol. The first-order valence-corrected chi connectivity index (χ1v) is 9.32. The molecule has 1 saturated heterocycles. The minimum atomic E-state index is -4.12. The van der Waals surface area contributed by atoms with E-state index >= 15 is 0 Å². The minimum Gasteiger partial charge on any atom is -0.357 e. The van der Waals surface area contributed by atoms with Crippen molar-refractivity contribution in [1.82, 2.24) is 20.5 Å². The Labute approximate surface area is 173 Å². The van der Waals surface area contributed by atoms with Gasteiger partial charge in [-0.2, -0.15) is 13.2 Å². The van der Waals surface area contributed by atoms with Crippen LogP contribution in [0, 0.1) is 19.8 Å². The summed E-state index contributed by atoms with van der Waals surface area (Å²) in [6.45, 7) is 8.00. The Morgan fingerprint density at radius 1 is 1.35 bits per heavy atom. The number of alkyl halides is 3. The Morgan fingerprint density at radius 3 is 2.65 bits per heavy atom. The average molecular weight is 505 g/mol. The van der Waals surface area contributed by atoms with E-state index in [0.29, 0.717) is 32.1 Å². The molecule has 5 nitrogen and oxygen atoms in total. The van der Waals surface area contributed by atoms with Crippen molar-refractivity contribution in [2.45, 2.75) is 39.9 Å². The van der Waals surface area contributed by atoms with Crippen LogP contribution in [0.25, 0.3) is 0 Å². The number of halogens is 4. The minimum absolute atomic E-state index is 0. The topological polar surface area (TPSA) is 52.6 Å². The number of nitrogens with one attached hydrogen (secondary N) is 2. The normalized spacial score (nSPS) is 18.7. The van der Waals surface area contributed by atoms with Crippen molar-refractivity contribution in [3.63, 3.8) is 0 Å². The maximum absolute atomic E-state index is 12.5. The highest BCUT2D eigenvalue weighted by atomic mass is 127. The third kappa shape index (κ3) is 7.95. The first-order chi connectivity index (χ1) is 11.8. The lowest BCUT2D eigenvalue weighted by atomic mass is 10.1. The molecule has 1 aromatic heterocycles. The molecule has 0 aliphatic carbocycles. The Hall–Kier alpha value is -0.620. The van der Waals surface area contributed by atoms with Gasteiger partial charge in [0.05, 0.1) is 23.8 Å². The van der Waals surface area contributed by atoms with Gasteiger partial charge in [-0.05, 0) is 39.7 Å². The number of likely N-dealkylation sites (tertiary alicyclic amines) is 1. The Kier molecular flexibility index (Phi) is 9.59. The highest BCUT2D eigenvalue weighted by molar-refractivity contribution is 14.0. The zero-order valence-electron chi connectivity index (χ0n) is 15.3. The van der Waals surface area contributed by atoms with Crippen LogP contribution in [0.1, 0.15) is 28.9 Å². The maximum Gasteiger partial charge on any atom is 0.401 e. The van der Waals surface area contributed by atoms with Gasteiger partial charge in [-0.25, -0.2) is 9.98 Å². The Bertz CT molecular complexity index is 591. The molecular formula is C16H27F3IN5S. The van der Waals surface area contributed by atoms with Crippen molar-refractivity contribution in [3.05, 3.63) is 15.6 Å². The lowest BCUT2D eigenvalue weighted by Gasteiger charge is -2.18. The summed E-state index contributed by atoms with van der Waals surface area (Å²) in [6.07, 6.45) is -3.35. The summed E-state index contributed by atoms with van der Waals surface area (Å²) >= 11 is 1.64. The third-order valence-corrected chi connectivity index (χ3v) is 5.11. The van der Waals surface area contributed by atoms with Crippen LogP contribution >= 0.6 is 35.3 Å². The van der Waals surface area contributed by atoms with Crippen LogP contribution in [0.4, 0.5) is 13.2 Å². The summed E-state index contributed by atoms with van der Waals surface area (Å²) in [7, 11) is 0. The summed E-state index contributed by atoms with van der Waals surface area (Å²) < 4.78 is 37.4. The molecule has 1 atom stereocenters. The molecule has 1 unspecified atom stereocenters. The zero-order valence-corrected chi connectivity index (χ0v) is 18.5. The molecule has 150 valence electrons. The van der Waals surface area contributed by atoms with E-state index in [2.05, 4.69) is 20.6 Å². The molecule has 0 bridgehead atoms. The van der Waals surface area contributed by atoms with Crippen molar-refractivity contribution >= 4 is 41.3 Å². The second kappa shape index (κ2) is 10.6. The summed E-state index contributed by atoms with van der Waals surface area (Å²) in [6, 6.07) is 0. The molecule has 2 heterocycles. The summed E-state index contributed by atoms with van der Waals surface area (Å²) in [5.74, 6) is 0.904. The van der Waals surface area contributed by atoms with E-state index < -0.39 is 12.7 Å². The SMILES string of the molecule is CCNC(=NCc1sc(C)nc1C)NCC1CCN(CC(F)(F)F)C1.I. The van der Waals surface area contributed by atoms with Gasteiger partial charge in [0.2, 0.25) is 0 Å². The summed E-state index contributed by atoms with van der Waals surface area (Å²) in [4.78, 5) is 11.6. The van der Waals surface area contributed by atoms with Crippen molar-refractivity contribution in [1.29, 1.82) is 0 Å². The molecule has 1 fully saturated rings. The molecule has 0 spiro atoms. The number of aromatic nitrogens is 1. The Morgan fingerprint density at radius 2 is 2.08 bits per heavy atom. The van der Waals surface area contributed by atoms with Gasteiger partial charge in [-0.3, -0.25) is 4.90 Å². The van der Waals surface area contributed by atoms with Crippen LogP contribution in [0.5, 0.6) is 0 Å². The number of aryl methyl sites for hydroxylation is 2. The van der Waals surface area contributed by atoms with E-state index in [4.69, 9.17) is 0 Å². The molecule has 0 aromatic carbocycles. The number of hydrogen-bond donors (Lipinski definition) is 2. The van der Waals surface area contributed by atoms with Gasteiger partial charge in [0.1, 0.15) is 0 Å². The number of thiazole rings is 1. The van der Waals surface area contributed by atoms with Gasteiger partial charge in [0.25, 0.3) is 0 Å². The molecule has 1 aliphatic rings. The van der Waals surface area contributed by atoms with Crippen LogP contribution in [0.3, 0.4) is 0 Å². The van der Waals surface area contributed by atoms with Gasteiger partial charge in [-0.1, -0.05) is 0 Å². The molecule has 1 aromatic rings. The smallest absolute Gasteiger partial charge is 0.357 e. The second-order valence-corrected chi connectivity index (χ2v) is 7.61. The number of hydrogen-bond acceptors (Lipinski definition) is 4. The first kappa shape index (κ1) is 23.4. The summed E-state index contributed by atoms with van der Waals surface area (Å²) in [5, 5.41) is 7.46. The van der Waals surface area contributed by atoms with Crippen LogP contribution < -0.4 is 10.6 Å². The largest absolute Gasteiger partial charge is 0.401 e. The number of guanidine groups is 1. The van der Waals surface area contributed by atoms with Gasteiger partial charge in [0.15, 0.2) is 5.96 Å². The zero-order chi connectivity index (χ0) is 18.4. The highest BCUT2D eigenvalue weighted by Gasteiger charge is 2.34. The van der Waals surface area contributed by atoms with Gasteiger partial charge in [0, 0.05) is 24.5 Å².